The van der Waals surface area contributed by atoms with Crippen molar-refractivity contribution in [1.29, 1.82) is 0 Å². The van der Waals surface area contributed by atoms with Gasteiger partial charge in [-0.3, -0.25) is 0 Å². The Kier molecular flexibility index (Phi) is 12.7. The van der Waals surface area contributed by atoms with Crippen LogP contribution in [0, 0.1) is 5.92 Å². The van der Waals surface area contributed by atoms with Crippen molar-refractivity contribution in [2.45, 2.75) is 103 Å². The van der Waals surface area contributed by atoms with E-state index in [-0.39, 0.29) is 0 Å². The highest BCUT2D eigenvalue weighted by molar-refractivity contribution is 5.25. The second kappa shape index (κ2) is 14.1. The molecule has 0 fully saturated rings. The number of ether oxygens (including phenoxy) is 2. The second-order valence-corrected chi connectivity index (χ2v) is 8.48. The lowest BCUT2D eigenvalue weighted by atomic mass is 9.87. The van der Waals surface area contributed by atoms with E-state index in [2.05, 4.69) is 6.92 Å². The maximum absolute atomic E-state index is 12.8. The molecule has 5 heteroatoms. The first-order valence-corrected chi connectivity index (χ1v) is 11.5. The van der Waals surface area contributed by atoms with Crippen LogP contribution < -0.4 is 0 Å². The van der Waals surface area contributed by atoms with Crippen molar-refractivity contribution < 1.29 is 22.6 Å². The van der Waals surface area contributed by atoms with Crippen molar-refractivity contribution >= 4 is 0 Å². The number of rotatable bonds is 16. The fourth-order valence-corrected chi connectivity index (χ4v) is 4.06. The Bertz CT molecular complexity index is 568. The summed E-state index contributed by atoms with van der Waals surface area (Å²) in [7, 11) is 3.40. The van der Waals surface area contributed by atoms with Crippen LogP contribution in [0.2, 0.25) is 0 Å². The summed E-state index contributed by atoms with van der Waals surface area (Å²) in [6, 6.07) is 5.68. The standard InChI is InChI=1S/C25H41F3O2/c1-5-6-7-8-9-12-17-22(24(2,29-3)30-4)18-13-10-11-15-21-16-14-19-23(20-21)25(26,27)28/h14,16,19-20,22H,5-13,15,17-18H2,1-4H3. The van der Waals surface area contributed by atoms with Gasteiger partial charge in [0.25, 0.3) is 0 Å². The Balaban J connectivity index is 2.43. The van der Waals surface area contributed by atoms with Crippen LogP contribution in [-0.2, 0) is 22.1 Å². The monoisotopic (exact) mass is 430 g/mol. The molecule has 0 aliphatic heterocycles. The van der Waals surface area contributed by atoms with Gasteiger partial charge in [0.1, 0.15) is 0 Å². The summed E-state index contributed by atoms with van der Waals surface area (Å²) in [4.78, 5) is 0. The molecule has 0 saturated heterocycles. The van der Waals surface area contributed by atoms with Gasteiger partial charge in [0.2, 0.25) is 0 Å². The highest BCUT2D eigenvalue weighted by Crippen LogP contribution is 2.32. The number of hydrogen-bond acceptors (Lipinski definition) is 2. The smallest absolute Gasteiger partial charge is 0.353 e. The maximum atomic E-state index is 12.8. The molecule has 0 aliphatic carbocycles. The fourth-order valence-electron chi connectivity index (χ4n) is 4.06. The van der Waals surface area contributed by atoms with Gasteiger partial charge in [-0.1, -0.05) is 76.5 Å². The molecule has 0 amide bonds. The van der Waals surface area contributed by atoms with Crippen molar-refractivity contribution in [3.63, 3.8) is 0 Å². The molecule has 1 rings (SSSR count). The number of aryl methyl sites for hydroxylation is 1. The second-order valence-electron chi connectivity index (χ2n) is 8.48. The molecule has 1 aromatic carbocycles. The van der Waals surface area contributed by atoms with E-state index < -0.39 is 17.5 Å². The number of alkyl halides is 3. The van der Waals surface area contributed by atoms with Gasteiger partial charge in [-0.15, -0.1) is 0 Å². The molecule has 0 radical (unpaired) electrons. The number of hydrogen-bond donors (Lipinski definition) is 0. The summed E-state index contributed by atoms with van der Waals surface area (Å²) in [5.41, 5.74) is 0.196. The zero-order valence-corrected chi connectivity index (χ0v) is 19.3. The van der Waals surface area contributed by atoms with Gasteiger partial charge >= 0.3 is 6.18 Å². The van der Waals surface area contributed by atoms with Gasteiger partial charge in [-0.25, -0.2) is 0 Å². The minimum Gasteiger partial charge on any atom is -0.353 e. The summed E-state index contributed by atoms with van der Waals surface area (Å²) in [6.45, 7) is 4.24. The lowest BCUT2D eigenvalue weighted by Gasteiger charge is -2.35. The largest absolute Gasteiger partial charge is 0.416 e. The predicted octanol–water partition coefficient (Wildman–Crippen LogP) is 8.18. The Hall–Kier alpha value is -1.07. The molecule has 0 aromatic heterocycles. The lowest BCUT2D eigenvalue weighted by Crippen LogP contribution is -2.39. The topological polar surface area (TPSA) is 18.5 Å². The van der Waals surface area contributed by atoms with Crippen LogP contribution in [0.25, 0.3) is 0 Å². The molecule has 0 N–H and O–H groups in total. The quantitative estimate of drug-likeness (QED) is 0.194. The van der Waals surface area contributed by atoms with Crippen LogP contribution in [0.5, 0.6) is 0 Å². The van der Waals surface area contributed by atoms with Gasteiger partial charge in [0.05, 0.1) is 5.56 Å². The number of unbranched alkanes of at least 4 members (excludes halogenated alkanes) is 7. The van der Waals surface area contributed by atoms with E-state index in [1.165, 1.54) is 50.7 Å². The third-order valence-electron chi connectivity index (χ3n) is 6.23. The molecule has 1 unspecified atom stereocenters. The summed E-state index contributed by atoms with van der Waals surface area (Å²) in [6.07, 6.45) is 9.00. The molecule has 2 nitrogen and oxygen atoms in total. The summed E-state index contributed by atoms with van der Waals surface area (Å²) in [5.74, 6) is -0.253. The Morgan fingerprint density at radius 3 is 1.97 bits per heavy atom. The van der Waals surface area contributed by atoms with E-state index in [0.29, 0.717) is 12.3 Å². The van der Waals surface area contributed by atoms with Gasteiger partial charge in [0.15, 0.2) is 5.79 Å². The highest BCUT2D eigenvalue weighted by Gasteiger charge is 2.33. The molecular formula is C25H41F3O2. The van der Waals surface area contributed by atoms with Gasteiger partial charge in [-0.05, 0) is 44.2 Å². The van der Waals surface area contributed by atoms with Crippen molar-refractivity contribution in [2.24, 2.45) is 5.92 Å². The number of halogens is 3. The van der Waals surface area contributed by atoms with Gasteiger partial charge < -0.3 is 9.47 Å². The van der Waals surface area contributed by atoms with E-state index >= 15 is 0 Å². The third-order valence-corrected chi connectivity index (χ3v) is 6.23. The highest BCUT2D eigenvalue weighted by atomic mass is 19.4. The Morgan fingerprint density at radius 1 is 0.833 bits per heavy atom. The summed E-state index contributed by atoms with van der Waals surface area (Å²) < 4.78 is 49.9. The zero-order chi connectivity index (χ0) is 22.5. The first-order valence-electron chi connectivity index (χ1n) is 11.5. The minimum atomic E-state index is -4.27. The van der Waals surface area contributed by atoms with E-state index in [4.69, 9.17) is 9.47 Å². The van der Waals surface area contributed by atoms with Crippen LogP contribution in [0.4, 0.5) is 13.2 Å². The molecule has 0 aliphatic rings. The molecule has 30 heavy (non-hydrogen) atoms. The van der Waals surface area contributed by atoms with Crippen LogP contribution in [0.3, 0.4) is 0 Å². The fraction of sp³-hybridized carbons (Fsp3) is 0.760. The first kappa shape index (κ1) is 27.0. The van der Waals surface area contributed by atoms with Crippen LogP contribution in [0.15, 0.2) is 24.3 Å². The predicted molar refractivity (Wildman–Crippen MR) is 118 cm³/mol. The molecule has 0 spiro atoms. The molecule has 0 saturated carbocycles. The zero-order valence-electron chi connectivity index (χ0n) is 19.3. The Morgan fingerprint density at radius 2 is 1.40 bits per heavy atom. The molecule has 0 bridgehead atoms. The lowest BCUT2D eigenvalue weighted by molar-refractivity contribution is -0.230. The van der Waals surface area contributed by atoms with Gasteiger partial charge in [0, 0.05) is 20.1 Å². The normalized spacial score (nSPS) is 13.6. The minimum absolute atomic E-state index is 0.326. The first-order chi connectivity index (χ1) is 14.3. The van der Waals surface area contributed by atoms with E-state index in [9.17, 15) is 13.2 Å². The van der Waals surface area contributed by atoms with Crippen molar-refractivity contribution in [1.82, 2.24) is 0 Å². The number of methoxy groups -OCH3 is 2. The Labute approximate surface area is 181 Å². The molecule has 174 valence electrons. The average molecular weight is 431 g/mol. The van der Waals surface area contributed by atoms with Crippen molar-refractivity contribution in [3.05, 3.63) is 35.4 Å². The molecule has 1 aromatic rings. The van der Waals surface area contributed by atoms with Crippen molar-refractivity contribution in [3.8, 4) is 0 Å². The van der Waals surface area contributed by atoms with E-state index in [1.807, 2.05) is 6.92 Å². The van der Waals surface area contributed by atoms with Crippen LogP contribution >= 0.6 is 0 Å². The molecule has 0 heterocycles. The number of benzene rings is 1. The maximum Gasteiger partial charge on any atom is 0.416 e. The molecule has 1 atom stereocenters. The van der Waals surface area contributed by atoms with Crippen molar-refractivity contribution in [2.75, 3.05) is 14.2 Å². The van der Waals surface area contributed by atoms with Gasteiger partial charge in [-0.2, -0.15) is 13.2 Å². The SMILES string of the molecule is CCCCCCCCC(CCCCCc1cccc(C(F)(F)F)c1)C(C)(OC)OC. The molecular weight excluding hydrogens is 389 g/mol. The third kappa shape index (κ3) is 9.82. The summed E-state index contributed by atoms with van der Waals surface area (Å²) in [5, 5.41) is 0. The van der Waals surface area contributed by atoms with Crippen LogP contribution in [0.1, 0.15) is 95.6 Å². The van der Waals surface area contributed by atoms with E-state index in [0.717, 1.165) is 43.7 Å². The van der Waals surface area contributed by atoms with Crippen LogP contribution in [-0.4, -0.2) is 20.0 Å². The average Bonchev–Trinajstić information content (AvgIpc) is 2.73. The van der Waals surface area contributed by atoms with E-state index in [1.54, 1.807) is 20.3 Å². The summed E-state index contributed by atoms with van der Waals surface area (Å²) >= 11 is 0.